The summed E-state index contributed by atoms with van der Waals surface area (Å²) in [4.78, 5) is 0. The number of benzene rings is 1. The number of aliphatic hydroxyl groups is 1. The van der Waals surface area contributed by atoms with Gasteiger partial charge in [-0.1, -0.05) is 30.3 Å². The van der Waals surface area contributed by atoms with Crippen molar-refractivity contribution in [1.82, 2.24) is 0 Å². The van der Waals surface area contributed by atoms with Crippen molar-refractivity contribution < 1.29 is 22.6 Å². The quantitative estimate of drug-likeness (QED) is 0.636. The summed E-state index contributed by atoms with van der Waals surface area (Å²) in [5.41, 5.74) is 0.247. The van der Waals surface area contributed by atoms with Crippen LogP contribution in [-0.4, -0.2) is 22.6 Å². The predicted octanol–water partition coefficient (Wildman–Crippen LogP) is 1.26. The Balaban J connectivity index is 0.000000336. The SMILES string of the molecule is CC(C)(O)c1ccccc1.O=S(=O)(O)O. The standard InChI is InChI=1S/C9H12O.H2O4S/c1-9(2,10)8-6-4-3-5-7-8;1-5(2,3)4/h3-7,10H,1-2H3;(H2,1,2,3,4). The third-order valence-corrected chi connectivity index (χ3v) is 1.48. The Morgan fingerprint density at radius 2 is 1.40 bits per heavy atom. The zero-order chi connectivity index (χ0) is 12.1. The predicted molar refractivity (Wildman–Crippen MR) is 55.9 cm³/mol. The van der Waals surface area contributed by atoms with E-state index in [-0.39, 0.29) is 0 Å². The van der Waals surface area contributed by atoms with Crippen LogP contribution in [0, 0.1) is 0 Å². The van der Waals surface area contributed by atoms with Crippen LogP contribution < -0.4 is 0 Å². The summed E-state index contributed by atoms with van der Waals surface area (Å²) in [6.45, 7) is 3.56. The van der Waals surface area contributed by atoms with Crippen LogP contribution in [0.3, 0.4) is 0 Å². The van der Waals surface area contributed by atoms with E-state index in [2.05, 4.69) is 0 Å². The van der Waals surface area contributed by atoms with Gasteiger partial charge in [0.05, 0.1) is 5.60 Å². The molecular formula is C9H14O5S. The zero-order valence-electron chi connectivity index (χ0n) is 8.45. The minimum Gasteiger partial charge on any atom is -0.386 e. The monoisotopic (exact) mass is 234 g/mol. The van der Waals surface area contributed by atoms with E-state index in [1.807, 2.05) is 30.3 Å². The van der Waals surface area contributed by atoms with Crippen molar-refractivity contribution in [2.24, 2.45) is 0 Å². The normalized spacial score (nSPS) is 11.5. The zero-order valence-corrected chi connectivity index (χ0v) is 9.27. The van der Waals surface area contributed by atoms with Crippen LogP contribution in [0.2, 0.25) is 0 Å². The smallest absolute Gasteiger partial charge is 0.386 e. The summed E-state index contributed by atoms with van der Waals surface area (Å²) >= 11 is 0. The van der Waals surface area contributed by atoms with Gasteiger partial charge in [0.15, 0.2) is 0 Å². The largest absolute Gasteiger partial charge is 0.394 e. The Kier molecular flexibility index (Phi) is 4.89. The van der Waals surface area contributed by atoms with Crippen LogP contribution in [-0.2, 0) is 16.0 Å². The highest BCUT2D eigenvalue weighted by Crippen LogP contribution is 2.17. The van der Waals surface area contributed by atoms with Crippen molar-refractivity contribution in [2.45, 2.75) is 19.4 Å². The fraction of sp³-hybridized carbons (Fsp3) is 0.333. The molecule has 6 heteroatoms. The van der Waals surface area contributed by atoms with E-state index in [1.165, 1.54) is 0 Å². The van der Waals surface area contributed by atoms with Gasteiger partial charge in [-0.05, 0) is 19.4 Å². The molecule has 0 aliphatic heterocycles. The molecule has 5 nitrogen and oxygen atoms in total. The van der Waals surface area contributed by atoms with E-state index in [4.69, 9.17) is 17.5 Å². The fourth-order valence-corrected chi connectivity index (χ4v) is 0.846. The number of rotatable bonds is 1. The Hall–Kier alpha value is -0.950. The van der Waals surface area contributed by atoms with Gasteiger partial charge >= 0.3 is 10.4 Å². The van der Waals surface area contributed by atoms with E-state index in [0.29, 0.717) is 0 Å². The van der Waals surface area contributed by atoms with Crippen LogP contribution in [0.4, 0.5) is 0 Å². The molecule has 1 rings (SSSR count). The molecule has 15 heavy (non-hydrogen) atoms. The van der Waals surface area contributed by atoms with Gasteiger partial charge in [0.25, 0.3) is 0 Å². The van der Waals surface area contributed by atoms with Gasteiger partial charge in [0.1, 0.15) is 0 Å². The lowest BCUT2D eigenvalue weighted by atomic mass is 9.99. The summed E-state index contributed by atoms with van der Waals surface area (Å²) in [5, 5.41) is 9.49. The minimum atomic E-state index is -4.67. The average Bonchev–Trinajstić information content (AvgIpc) is 2.01. The van der Waals surface area contributed by atoms with Crippen molar-refractivity contribution in [3.05, 3.63) is 35.9 Å². The van der Waals surface area contributed by atoms with Gasteiger partial charge in [-0.3, -0.25) is 9.11 Å². The Bertz CT molecular complexity index is 369. The second-order valence-corrected chi connectivity index (χ2v) is 4.27. The van der Waals surface area contributed by atoms with Crippen molar-refractivity contribution in [3.63, 3.8) is 0 Å². The first-order valence-corrected chi connectivity index (χ1v) is 5.48. The molecule has 0 bridgehead atoms. The highest BCUT2D eigenvalue weighted by molar-refractivity contribution is 7.79. The van der Waals surface area contributed by atoms with Gasteiger partial charge in [-0.2, -0.15) is 8.42 Å². The molecule has 0 fully saturated rings. The number of hydrogen-bond donors (Lipinski definition) is 3. The summed E-state index contributed by atoms with van der Waals surface area (Å²) in [7, 11) is -4.67. The maximum Gasteiger partial charge on any atom is 0.394 e. The second-order valence-electron chi connectivity index (χ2n) is 3.37. The van der Waals surface area contributed by atoms with E-state index < -0.39 is 16.0 Å². The van der Waals surface area contributed by atoms with E-state index in [0.717, 1.165) is 5.56 Å². The third-order valence-electron chi connectivity index (χ3n) is 1.48. The molecule has 3 N–H and O–H groups in total. The van der Waals surface area contributed by atoms with Crippen molar-refractivity contribution >= 4 is 10.4 Å². The first-order valence-electron chi connectivity index (χ1n) is 4.08. The Morgan fingerprint density at radius 1 is 1.07 bits per heavy atom. The molecular weight excluding hydrogens is 220 g/mol. The highest BCUT2D eigenvalue weighted by atomic mass is 32.3. The topological polar surface area (TPSA) is 94.8 Å². The molecule has 0 amide bonds. The first-order chi connectivity index (χ1) is 6.61. The van der Waals surface area contributed by atoms with Gasteiger partial charge in [0, 0.05) is 0 Å². The maximum absolute atomic E-state index is 9.49. The third kappa shape index (κ3) is 9.36. The van der Waals surface area contributed by atoms with Crippen LogP contribution in [0.1, 0.15) is 19.4 Å². The van der Waals surface area contributed by atoms with Gasteiger partial charge < -0.3 is 5.11 Å². The summed E-state index contributed by atoms with van der Waals surface area (Å²) in [6, 6.07) is 9.62. The Morgan fingerprint density at radius 3 is 1.60 bits per heavy atom. The van der Waals surface area contributed by atoms with Crippen molar-refractivity contribution in [3.8, 4) is 0 Å². The molecule has 0 radical (unpaired) electrons. The van der Waals surface area contributed by atoms with Crippen molar-refractivity contribution in [2.75, 3.05) is 0 Å². The van der Waals surface area contributed by atoms with Gasteiger partial charge in [-0.15, -0.1) is 0 Å². The second kappa shape index (κ2) is 5.22. The molecule has 0 saturated carbocycles. The molecule has 1 aromatic carbocycles. The number of hydrogen-bond acceptors (Lipinski definition) is 3. The fourth-order valence-electron chi connectivity index (χ4n) is 0.846. The molecule has 0 heterocycles. The van der Waals surface area contributed by atoms with Crippen LogP contribution >= 0.6 is 0 Å². The molecule has 0 unspecified atom stereocenters. The Labute approximate surface area is 89.0 Å². The summed E-state index contributed by atoms with van der Waals surface area (Å²) in [6.07, 6.45) is 0. The molecule has 0 aromatic heterocycles. The van der Waals surface area contributed by atoms with Crippen LogP contribution in [0.15, 0.2) is 30.3 Å². The lowest BCUT2D eigenvalue weighted by molar-refractivity contribution is 0.0786. The summed E-state index contributed by atoms with van der Waals surface area (Å²) < 4.78 is 31.6. The van der Waals surface area contributed by atoms with E-state index in [1.54, 1.807) is 13.8 Å². The maximum atomic E-state index is 9.49. The molecule has 0 atom stereocenters. The van der Waals surface area contributed by atoms with Crippen LogP contribution in [0.25, 0.3) is 0 Å². The highest BCUT2D eigenvalue weighted by Gasteiger charge is 2.13. The lowest BCUT2D eigenvalue weighted by Gasteiger charge is -2.16. The van der Waals surface area contributed by atoms with Crippen LogP contribution in [0.5, 0.6) is 0 Å². The molecule has 86 valence electrons. The van der Waals surface area contributed by atoms with E-state index in [9.17, 15) is 5.11 Å². The molecule has 0 spiro atoms. The van der Waals surface area contributed by atoms with Gasteiger partial charge in [-0.25, -0.2) is 0 Å². The molecule has 0 aliphatic rings. The minimum absolute atomic E-state index is 0.707. The van der Waals surface area contributed by atoms with Crippen molar-refractivity contribution in [1.29, 1.82) is 0 Å². The molecule has 1 aromatic rings. The summed E-state index contributed by atoms with van der Waals surface area (Å²) in [5.74, 6) is 0. The average molecular weight is 234 g/mol. The first kappa shape index (κ1) is 14.1. The lowest BCUT2D eigenvalue weighted by Crippen LogP contribution is -2.14. The van der Waals surface area contributed by atoms with E-state index >= 15 is 0 Å². The van der Waals surface area contributed by atoms with Gasteiger partial charge in [0.2, 0.25) is 0 Å². The molecule has 0 saturated heterocycles. The molecule has 0 aliphatic carbocycles.